The van der Waals surface area contributed by atoms with Crippen molar-refractivity contribution >= 4 is 27.5 Å². The zero-order valence-corrected chi connectivity index (χ0v) is 14.8. The minimum atomic E-state index is -0.484. The number of likely N-dealkylation sites (N-methyl/N-ethyl adjacent to an activating group) is 1. The smallest absolute Gasteiger partial charge is 0.265 e. The number of ether oxygens (including phenoxy) is 1. The molecule has 4 nitrogen and oxygen atoms in total. The maximum absolute atomic E-state index is 12.3. The lowest BCUT2D eigenvalue weighted by atomic mass is 10.1. The van der Waals surface area contributed by atoms with Crippen molar-refractivity contribution in [3.05, 3.63) is 58.6 Å². The highest BCUT2D eigenvalue weighted by Crippen LogP contribution is 2.35. The van der Waals surface area contributed by atoms with Crippen molar-refractivity contribution in [2.45, 2.75) is 12.6 Å². The van der Waals surface area contributed by atoms with Crippen LogP contribution in [0.2, 0.25) is 0 Å². The van der Waals surface area contributed by atoms with Crippen LogP contribution in [-0.2, 0) is 11.3 Å². The van der Waals surface area contributed by atoms with Gasteiger partial charge in [0.2, 0.25) is 0 Å². The lowest BCUT2D eigenvalue weighted by Crippen LogP contribution is -2.48. The highest BCUT2D eigenvalue weighted by atomic mass is 79.9. The second-order valence-electron chi connectivity index (χ2n) is 5.78. The van der Waals surface area contributed by atoms with Gasteiger partial charge >= 0.3 is 0 Å². The van der Waals surface area contributed by atoms with Crippen molar-refractivity contribution < 1.29 is 9.53 Å². The monoisotopic (exact) mass is 374 g/mol. The van der Waals surface area contributed by atoms with Crippen molar-refractivity contribution in [1.82, 2.24) is 4.90 Å². The summed E-state index contributed by atoms with van der Waals surface area (Å²) in [5.41, 5.74) is 2.20. The van der Waals surface area contributed by atoms with Gasteiger partial charge in [0.15, 0.2) is 6.10 Å². The molecule has 1 amide bonds. The predicted molar refractivity (Wildman–Crippen MR) is 94.7 cm³/mol. The number of benzene rings is 2. The molecule has 0 bridgehead atoms. The lowest BCUT2D eigenvalue weighted by Gasteiger charge is -2.36. The first-order valence-corrected chi connectivity index (χ1v) is 8.31. The molecule has 0 aliphatic carbocycles. The third-order valence-corrected chi connectivity index (χ3v) is 4.67. The highest BCUT2D eigenvalue weighted by molar-refractivity contribution is 9.10. The number of hydrogen-bond donors (Lipinski definition) is 0. The van der Waals surface area contributed by atoms with Crippen LogP contribution in [0.1, 0.15) is 5.56 Å². The molecule has 3 rings (SSSR count). The number of carbonyl (C=O) groups excluding carboxylic acids is 1. The first-order valence-electron chi connectivity index (χ1n) is 7.51. The molecular formula is C18H19BrN2O2. The van der Waals surface area contributed by atoms with E-state index in [1.807, 2.05) is 42.5 Å². The van der Waals surface area contributed by atoms with Crippen molar-refractivity contribution in [3.8, 4) is 5.75 Å². The Bertz CT molecular complexity index is 718. The Hall–Kier alpha value is -2.01. The van der Waals surface area contributed by atoms with Crippen LogP contribution in [0.15, 0.2) is 53.0 Å². The highest BCUT2D eigenvalue weighted by Gasteiger charge is 2.31. The molecule has 0 saturated carbocycles. The van der Waals surface area contributed by atoms with Crippen molar-refractivity contribution in [2.24, 2.45) is 0 Å². The van der Waals surface area contributed by atoms with Gasteiger partial charge in [-0.25, -0.2) is 0 Å². The molecule has 2 aromatic carbocycles. The van der Waals surface area contributed by atoms with E-state index in [-0.39, 0.29) is 5.91 Å². The van der Waals surface area contributed by atoms with Crippen LogP contribution in [0, 0.1) is 0 Å². The Balaban J connectivity index is 1.91. The summed E-state index contributed by atoms with van der Waals surface area (Å²) in [5.74, 6) is 0.739. The van der Waals surface area contributed by atoms with Crippen LogP contribution < -0.4 is 9.64 Å². The lowest BCUT2D eigenvalue weighted by molar-refractivity contribution is -0.136. The van der Waals surface area contributed by atoms with Gasteiger partial charge in [-0.15, -0.1) is 0 Å². The van der Waals surface area contributed by atoms with E-state index in [0.29, 0.717) is 6.54 Å². The fraction of sp³-hybridized carbons (Fsp3) is 0.278. The maximum atomic E-state index is 12.3. The second-order valence-corrected chi connectivity index (χ2v) is 6.63. The molecule has 0 radical (unpaired) electrons. The van der Waals surface area contributed by atoms with Gasteiger partial charge in [-0.1, -0.05) is 46.3 Å². The Labute approximate surface area is 144 Å². The predicted octanol–water partition coefficient (Wildman–Crippen LogP) is 3.30. The summed E-state index contributed by atoms with van der Waals surface area (Å²) in [6.07, 6.45) is -0.484. The Morgan fingerprint density at radius 1 is 1.22 bits per heavy atom. The molecule has 0 fully saturated rings. The van der Waals surface area contributed by atoms with Gasteiger partial charge in [0.25, 0.3) is 5.91 Å². The first-order chi connectivity index (χ1) is 11.1. The standard InChI is InChI=1S/C18H19BrN2O2/c1-20(2)18(22)17-12-21(11-13-7-3-4-8-14(13)19)15-9-5-6-10-16(15)23-17/h3-10,17H,11-12H2,1-2H3/t17-/m0/s1. The second kappa shape index (κ2) is 6.62. The number of para-hydroxylation sites is 2. The molecule has 2 aromatic rings. The van der Waals surface area contributed by atoms with Gasteiger partial charge in [0.05, 0.1) is 12.2 Å². The van der Waals surface area contributed by atoms with Crippen LogP contribution in [0.4, 0.5) is 5.69 Å². The third-order valence-electron chi connectivity index (χ3n) is 3.90. The molecule has 1 aliphatic rings. The zero-order chi connectivity index (χ0) is 16.4. The van der Waals surface area contributed by atoms with E-state index in [1.54, 1.807) is 19.0 Å². The summed E-state index contributed by atoms with van der Waals surface area (Å²) >= 11 is 3.60. The molecule has 5 heteroatoms. The molecule has 1 aliphatic heterocycles. The number of amides is 1. The topological polar surface area (TPSA) is 32.8 Å². The van der Waals surface area contributed by atoms with E-state index in [2.05, 4.69) is 26.9 Å². The SMILES string of the molecule is CN(C)C(=O)[C@@H]1CN(Cc2ccccc2Br)c2ccccc2O1. The normalized spacial score (nSPS) is 16.5. The molecule has 0 spiro atoms. The van der Waals surface area contributed by atoms with Gasteiger partial charge in [-0.05, 0) is 23.8 Å². The maximum Gasteiger partial charge on any atom is 0.265 e. The zero-order valence-electron chi connectivity index (χ0n) is 13.2. The molecule has 1 heterocycles. The molecule has 0 N–H and O–H groups in total. The average molecular weight is 375 g/mol. The number of fused-ring (bicyclic) bond motifs is 1. The molecule has 0 unspecified atom stereocenters. The van der Waals surface area contributed by atoms with Gasteiger partial charge in [0.1, 0.15) is 5.75 Å². The molecular weight excluding hydrogens is 356 g/mol. The number of halogens is 1. The first kappa shape index (κ1) is 15.9. The Kier molecular flexibility index (Phi) is 4.57. The van der Waals surface area contributed by atoms with Crippen molar-refractivity contribution in [2.75, 3.05) is 25.5 Å². The number of hydrogen-bond acceptors (Lipinski definition) is 3. The van der Waals surface area contributed by atoms with E-state index < -0.39 is 6.10 Å². The van der Waals surface area contributed by atoms with Crippen LogP contribution in [-0.4, -0.2) is 37.6 Å². The molecule has 0 saturated heterocycles. The average Bonchev–Trinajstić information content (AvgIpc) is 2.56. The van der Waals surface area contributed by atoms with Crippen LogP contribution in [0.3, 0.4) is 0 Å². The largest absolute Gasteiger partial charge is 0.477 e. The minimum Gasteiger partial charge on any atom is -0.477 e. The van der Waals surface area contributed by atoms with E-state index in [1.165, 1.54) is 5.56 Å². The quantitative estimate of drug-likeness (QED) is 0.825. The van der Waals surface area contributed by atoms with E-state index in [9.17, 15) is 4.79 Å². The number of rotatable bonds is 3. The van der Waals surface area contributed by atoms with Crippen LogP contribution in [0.25, 0.3) is 0 Å². The number of carbonyl (C=O) groups is 1. The molecule has 23 heavy (non-hydrogen) atoms. The van der Waals surface area contributed by atoms with Gasteiger partial charge < -0.3 is 14.5 Å². The van der Waals surface area contributed by atoms with Gasteiger partial charge in [-0.2, -0.15) is 0 Å². The Morgan fingerprint density at radius 3 is 2.65 bits per heavy atom. The minimum absolute atomic E-state index is 0.0170. The van der Waals surface area contributed by atoms with E-state index in [0.717, 1.165) is 22.5 Å². The van der Waals surface area contributed by atoms with E-state index in [4.69, 9.17) is 4.74 Å². The summed E-state index contributed by atoms with van der Waals surface area (Å²) in [6, 6.07) is 16.0. The van der Waals surface area contributed by atoms with Crippen molar-refractivity contribution in [3.63, 3.8) is 0 Å². The molecule has 120 valence electrons. The molecule has 1 atom stereocenters. The number of nitrogens with zero attached hydrogens (tertiary/aromatic N) is 2. The fourth-order valence-electron chi connectivity index (χ4n) is 2.71. The van der Waals surface area contributed by atoms with E-state index >= 15 is 0 Å². The fourth-order valence-corrected chi connectivity index (χ4v) is 3.12. The summed E-state index contributed by atoms with van der Waals surface area (Å²) in [6.45, 7) is 1.26. The summed E-state index contributed by atoms with van der Waals surface area (Å²) in [7, 11) is 3.51. The summed E-state index contributed by atoms with van der Waals surface area (Å²) in [5, 5.41) is 0. The van der Waals surface area contributed by atoms with Crippen LogP contribution in [0.5, 0.6) is 5.75 Å². The summed E-state index contributed by atoms with van der Waals surface area (Å²) in [4.78, 5) is 16.1. The van der Waals surface area contributed by atoms with Gasteiger partial charge in [0, 0.05) is 25.1 Å². The summed E-state index contributed by atoms with van der Waals surface area (Å²) < 4.78 is 6.98. The van der Waals surface area contributed by atoms with Crippen LogP contribution >= 0.6 is 15.9 Å². The number of anilines is 1. The van der Waals surface area contributed by atoms with Crippen molar-refractivity contribution in [1.29, 1.82) is 0 Å². The Morgan fingerprint density at radius 2 is 1.91 bits per heavy atom. The molecule has 0 aromatic heterocycles. The third kappa shape index (κ3) is 3.34. The van der Waals surface area contributed by atoms with Gasteiger partial charge in [-0.3, -0.25) is 4.79 Å².